The van der Waals surface area contributed by atoms with Gasteiger partial charge in [0.25, 0.3) is 0 Å². The van der Waals surface area contributed by atoms with E-state index in [1.165, 1.54) is 13.5 Å². The topological polar surface area (TPSA) is 64.6 Å². The van der Waals surface area contributed by atoms with E-state index in [0.29, 0.717) is 24.3 Å². The second-order valence-corrected chi connectivity index (χ2v) is 5.68. The molecule has 1 saturated carbocycles. The normalized spacial score (nSPS) is 22.5. The van der Waals surface area contributed by atoms with Gasteiger partial charge in [0.2, 0.25) is 11.8 Å². The van der Waals surface area contributed by atoms with E-state index < -0.39 is 0 Å². The van der Waals surface area contributed by atoms with Crippen LogP contribution in [-0.2, 0) is 4.79 Å². The molecule has 114 valence electrons. The van der Waals surface area contributed by atoms with Crippen molar-refractivity contribution in [3.05, 3.63) is 12.3 Å². The van der Waals surface area contributed by atoms with Gasteiger partial charge in [0, 0.05) is 24.7 Å². The van der Waals surface area contributed by atoms with E-state index in [2.05, 4.69) is 9.97 Å². The molecule has 3 rings (SSSR count). The molecule has 1 aromatic rings. The molecule has 1 unspecified atom stereocenters. The molecule has 6 heteroatoms. The summed E-state index contributed by atoms with van der Waals surface area (Å²) in [5, 5.41) is 0. The van der Waals surface area contributed by atoms with Crippen molar-refractivity contribution >= 4 is 5.91 Å². The lowest BCUT2D eigenvalue weighted by Gasteiger charge is -2.37. The van der Waals surface area contributed by atoms with Crippen LogP contribution >= 0.6 is 0 Å². The number of aromatic nitrogens is 2. The summed E-state index contributed by atoms with van der Waals surface area (Å²) in [4.78, 5) is 22.4. The van der Waals surface area contributed by atoms with Gasteiger partial charge in [-0.15, -0.1) is 0 Å². The molecule has 1 amide bonds. The van der Waals surface area contributed by atoms with Crippen molar-refractivity contribution in [1.82, 2.24) is 14.9 Å². The molecule has 1 aliphatic heterocycles. The molecule has 6 nitrogen and oxygen atoms in total. The predicted octanol–water partition coefficient (Wildman–Crippen LogP) is 1.66. The van der Waals surface area contributed by atoms with Gasteiger partial charge in [0.15, 0.2) is 0 Å². The first kappa shape index (κ1) is 14.1. The number of rotatable bonds is 4. The maximum absolute atomic E-state index is 12.3. The summed E-state index contributed by atoms with van der Waals surface area (Å²) in [6, 6.07) is 2.01. The molecule has 0 radical (unpaired) electrons. The Labute approximate surface area is 124 Å². The smallest absolute Gasteiger partial charge is 0.319 e. The standard InChI is InChI=1S/C15H21N3O3/c1-20-15-16-8-7-13(17-15)21-12-6-3-9-18(10-12)14(19)11-4-2-5-11/h7-8,11-12H,2-6,9-10H2,1H3. The number of carbonyl (C=O) groups excluding carboxylic acids is 1. The third-order valence-electron chi connectivity index (χ3n) is 4.22. The Balaban J connectivity index is 1.59. The number of ether oxygens (including phenoxy) is 2. The summed E-state index contributed by atoms with van der Waals surface area (Å²) < 4.78 is 10.9. The number of hydrogen-bond donors (Lipinski definition) is 0. The maximum Gasteiger partial charge on any atom is 0.319 e. The molecule has 0 aromatic carbocycles. The number of hydrogen-bond acceptors (Lipinski definition) is 5. The van der Waals surface area contributed by atoms with Crippen LogP contribution in [0.2, 0.25) is 0 Å². The van der Waals surface area contributed by atoms with Crippen molar-refractivity contribution in [3.63, 3.8) is 0 Å². The van der Waals surface area contributed by atoms with Gasteiger partial charge >= 0.3 is 6.01 Å². The monoisotopic (exact) mass is 291 g/mol. The largest absolute Gasteiger partial charge is 0.472 e. The van der Waals surface area contributed by atoms with Gasteiger partial charge in [-0.05, 0) is 25.7 Å². The van der Waals surface area contributed by atoms with Gasteiger partial charge < -0.3 is 14.4 Å². The zero-order valence-electron chi connectivity index (χ0n) is 12.3. The Morgan fingerprint density at radius 3 is 2.90 bits per heavy atom. The van der Waals surface area contributed by atoms with E-state index in [9.17, 15) is 4.79 Å². The van der Waals surface area contributed by atoms with Gasteiger partial charge in [-0.3, -0.25) is 4.79 Å². The first-order chi connectivity index (χ1) is 10.3. The average Bonchev–Trinajstić information content (AvgIpc) is 2.46. The molecule has 0 bridgehead atoms. The highest BCUT2D eigenvalue weighted by Crippen LogP contribution is 2.29. The highest BCUT2D eigenvalue weighted by Gasteiger charge is 2.32. The summed E-state index contributed by atoms with van der Waals surface area (Å²) in [5.41, 5.74) is 0. The van der Waals surface area contributed by atoms with Crippen molar-refractivity contribution in [1.29, 1.82) is 0 Å². The third kappa shape index (κ3) is 3.25. The number of nitrogens with zero attached hydrogens (tertiary/aromatic N) is 3. The molecule has 1 aliphatic carbocycles. The lowest BCUT2D eigenvalue weighted by Crippen LogP contribution is -2.47. The molecule has 1 saturated heterocycles. The fourth-order valence-electron chi connectivity index (χ4n) is 2.81. The number of likely N-dealkylation sites (tertiary alicyclic amines) is 1. The van der Waals surface area contributed by atoms with E-state index in [0.717, 1.165) is 32.2 Å². The zero-order chi connectivity index (χ0) is 14.7. The fourth-order valence-corrected chi connectivity index (χ4v) is 2.81. The van der Waals surface area contributed by atoms with Crippen LogP contribution in [0.15, 0.2) is 12.3 Å². The van der Waals surface area contributed by atoms with E-state index in [1.807, 2.05) is 4.90 Å². The van der Waals surface area contributed by atoms with Crippen LogP contribution in [0.1, 0.15) is 32.1 Å². The molecule has 0 spiro atoms. The minimum atomic E-state index is 0.00221. The molecule has 2 fully saturated rings. The van der Waals surface area contributed by atoms with Crippen LogP contribution in [0.25, 0.3) is 0 Å². The number of carbonyl (C=O) groups is 1. The van der Waals surface area contributed by atoms with Crippen LogP contribution in [0.5, 0.6) is 11.9 Å². The van der Waals surface area contributed by atoms with Gasteiger partial charge in [-0.1, -0.05) is 6.42 Å². The van der Waals surface area contributed by atoms with E-state index in [4.69, 9.17) is 9.47 Å². The predicted molar refractivity (Wildman–Crippen MR) is 76.2 cm³/mol. The highest BCUT2D eigenvalue weighted by molar-refractivity contribution is 5.79. The minimum Gasteiger partial charge on any atom is -0.472 e. The molecule has 0 N–H and O–H groups in total. The van der Waals surface area contributed by atoms with Crippen LogP contribution in [0, 0.1) is 5.92 Å². The summed E-state index contributed by atoms with van der Waals surface area (Å²) in [6.45, 7) is 1.50. The molecule has 1 aromatic heterocycles. The van der Waals surface area contributed by atoms with Crippen molar-refractivity contribution in [3.8, 4) is 11.9 Å². The number of amides is 1. The van der Waals surface area contributed by atoms with Crippen molar-refractivity contribution in [2.24, 2.45) is 5.92 Å². The van der Waals surface area contributed by atoms with Crippen LogP contribution in [0.4, 0.5) is 0 Å². The zero-order valence-corrected chi connectivity index (χ0v) is 12.3. The summed E-state index contributed by atoms with van der Waals surface area (Å²) >= 11 is 0. The Morgan fingerprint density at radius 2 is 2.19 bits per heavy atom. The fraction of sp³-hybridized carbons (Fsp3) is 0.667. The van der Waals surface area contributed by atoms with E-state index in [1.54, 1.807) is 12.3 Å². The number of methoxy groups -OCH3 is 1. The maximum atomic E-state index is 12.3. The Hall–Kier alpha value is -1.85. The summed E-state index contributed by atoms with van der Waals surface area (Å²) in [5.74, 6) is 1.06. The Kier molecular flexibility index (Phi) is 4.22. The minimum absolute atomic E-state index is 0.00221. The molecular weight excluding hydrogens is 270 g/mol. The Bertz CT molecular complexity index is 505. The molecule has 21 heavy (non-hydrogen) atoms. The first-order valence-corrected chi connectivity index (χ1v) is 7.59. The van der Waals surface area contributed by atoms with Gasteiger partial charge in [0.1, 0.15) is 6.10 Å². The summed E-state index contributed by atoms with van der Waals surface area (Å²) in [7, 11) is 1.53. The van der Waals surface area contributed by atoms with Crippen molar-refractivity contribution in [2.75, 3.05) is 20.2 Å². The molecule has 2 aliphatic rings. The van der Waals surface area contributed by atoms with Gasteiger partial charge in [0.05, 0.1) is 13.7 Å². The summed E-state index contributed by atoms with van der Waals surface area (Å²) in [6.07, 6.45) is 6.81. The second-order valence-electron chi connectivity index (χ2n) is 5.68. The average molecular weight is 291 g/mol. The van der Waals surface area contributed by atoms with Gasteiger partial charge in [-0.2, -0.15) is 4.98 Å². The SMILES string of the molecule is COc1nccc(OC2CCCN(C(=O)C3CCC3)C2)n1. The van der Waals surface area contributed by atoms with E-state index >= 15 is 0 Å². The molecule has 2 heterocycles. The van der Waals surface area contributed by atoms with Crippen molar-refractivity contribution in [2.45, 2.75) is 38.2 Å². The lowest BCUT2D eigenvalue weighted by molar-refractivity contribution is -0.140. The quantitative estimate of drug-likeness (QED) is 0.844. The Morgan fingerprint density at radius 1 is 1.33 bits per heavy atom. The molecular formula is C15H21N3O3. The highest BCUT2D eigenvalue weighted by atomic mass is 16.5. The van der Waals surface area contributed by atoms with Crippen LogP contribution in [0.3, 0.4) is 0 Å². The van der Waals surface area contributed by atoms with Gasteiger partial charge in [-0.25, -0.2) is 4.98 Å². The van der Waals surface area contributed by atoms with Crippen LogP contribution in [-0.4, -0.2) is 47.1 Å². The molecule has 1 atom stereocenters. The van der Waals surface area contributed by atoms with Crippen molar-refractivity contribution < 1.29 is 14.3 Å². The second kappa shape index (κ2) is 6.28. The third-order valence-corrected chi connectivity index (χ3v) is 4.22. The number of piperidine rings is 1. The van der Waals surface area contributed by atoms with E-state index in [-0.39, 0.29) is 12.0 Å². The van der Waals surface area contributed by atoms with Crippen LogP contribution < -0.4 is 9.47 Å². The first-order valence-electron chi connectivity index (χ1n) is 7.59. The lowest BCUT2D eigenvalue weighted by atomic mass is 9.84.